The molecule has 0 spiro atoms. The van der Waals surface area contributed by atoms with Gasteiger partial charge in [0.25, 0.3) is 18.5 Å². The topological polar surface area (TPSA) is 130 Å². The summed E-state index contributed by atoms with van der Waals surface area (Å²) in [6, 6.07) is 5.70. The fraction of sp³-hybridized carbons (Fsp3) is 0.409. The summed E-state index contributed by atoms with van der Waals surface area (Å²) in [6.07, 6.45) is 10.2. The molecule has 1 atom stereocenters. The summed E-state index contributed by atoms with van der Waals surface area (Å²) in [5, 5.41) is 14.3. The summed E-state index contributed by atoms with van der Waals surface area (Å²) >= 11 is 5.99. The zero-order valence-electron chi connectivity index (χ0n) is 18.4. The molecule has 3 aromatic rings. The van der Waals surface area contributed by atoms with Gasteiger partial charge < -0.3 is 14.8 Å². The van der Waals surface area contributed by atoms with Gasteiger partial charge in [-0.3, -0.25) is 23.7 Å². The minimum absolute atomic E-state index is 0.0832. The molecule has 0 amide bonds. The largest absolute Gasteiger partial charge is 0.483 e. The number of pyridine rings is 1. The number of rotatable bonds is 5. The van der Waals surface area contributed by atoms with Crippen molar-refractivity contribution in [2.24, 2.45) is 0 Å². The Morgan fingerprint density at radius 2 is 1.94 bits per heavy atom. The predicted octanol–water partition coefficient (Wildman–Crippen LogP) is 2.70. The van der Waals surface area contributed by atoms with Crippen LogP contribution in [0.15, 0.2) is 41.6 Å². The van der Waals surface area contributed by atoms with Gasteiger partial charge in [-0.2, -0.15) is 0 Å². The summed E-state index contributed by atoms with van der Waals surface area (Å²) in [5.41, 5.74) is 1.39. The van der Waals surface area contributed by atoms with Crippen molar-refractivity contribution < 1.29 is 19.8 Å². The van der Waals surface area contributed by atoms with Crippen molar-refractivity contribution in [2.75, 3.05) is 6.54 Å². The fourth-order valence-corrected chi connectivity index (χ4v) is 4.10. The van der Waals surface area contributed by atoms with Crippen LogP contribution in [0, 0.1) is 6.92 Å². The van der Waals surface area contributed by atoms with Gasteiger partial charge in [-0.1, -0.05) is 18.0 Å². The Morgan fingerprint density at radius 1 is 1.21 bits per heavy atom. The molecule has 1 unspecified atom stereocenters. The van der Waals surface area contributed by atoms with Gasteiger partial charge in [-0.15, -0.1) is 0 Å². The Morgan fingerprint density at radius 3 is 2.61 bits per heavy atom. The minimum atomic E-state index is -0.250. The van der Waals surface area contributed by atoms with E-state index in [1.54, 1.807) is 24.4 Å². The van der Waals surface area contributed by atoms with Crippen LogP contribution < -0.4 is 5.56 Å². The van der Waals surface area contributed by atoms with E-state index >= 15 is 0 Å². The number of hydrogen-bond acceptors (Lipinski definition) is 6. The second kappa shape index (κ2) is 13.3. The van der Waals surface area contributed by atoms with Gasteiger partial charge in [0.05, 0.1) is 10.7 Å². The molecule has 1 saturated heterocycles. The first-order chi connectivity index (χ1) is 15.9. The molecule has 0 aromatic carbocycles. The average molecular weight is 478 g/mol. The van der Waals surface area contributed by atoms with Crippen molar-refractivity contribution in [3.63, 3.8) is 0 Å². The van der Waals surface area contributed by atoms with E-state index in [4.69, 9.17) is 31.4 Å². The zero-order valence-corrected chi connectivity index (χ0v) is 19.1. The normalized spacial score (nSPS) is 15.6. The van der Waals surface area contributed by atoms with E-state index in [0.29, 0.717) is 23.3 Å². The molecule has 0 radical (unpaired) electrons. The van der Waals surface area contributed by atoms with Crippen molar-refractivity contribution in [2.45, 2.75) is 51.7 Å². The number of aryl methyl sites for hydroxylation is 2. The Bertz CT molecular complexity index is 1090. The molecular formula is C22H28ClN5O5. The summed E-state index contributed by atoms with van der Waals surface area (Å²) in [5.74, 6) is 1.06. The first-order valence-electron chi connectivity index (χ1n) is 10.5. The van der Waals surface area contributed by atoms with Gasteiger partial charge in [0.2, 0.25) is 0 Å². The molecule has 0 saturated carbocycles. The zero-order chi connectivity index (χ0) is 24.2. The van der Waals surface area contributed by atoms with E-state index in [9.17, 15) is 4.79 Å². The van der Waals surface area contributed by atoms with E-state index in [1.165, 1.54) is 23.7 Å². The van der Waals surface area contributed by atoms with Gasteiger partial charge in [0.1, 0.15) is 11.5 Å². The van der Waals surface area contributed by atoms with Crippen molar-refractivity contribution in [3.8, 4) is 0 Å². The van der Waals surface area contributed by atoms with E-state index in [1.807, 2.05) is 19.3 Å². The standard InChI is InChI=1S/C20H24ClN5O.2CH2O2/c1-15-22-8-11-24(15)10-7-18-4-2-3-9-25(18)14-17-12-20(27)26-13-16(21)5-6-19(26)23-17;2*2-1-3/h5-6,8,11-13,18H,2-4,7,9-10,14H2,1H3;2*1H,(H,2,3). The van der Waals surface area contributed by atoms with E-state index in [0.717, 1.165) is 31.0 Å². The SMILES string of the molecule is Cc1nccn1CCC1CCCCN1Cc1cc(=O)n2cc(Cl)ccc2n1.O=CO.O=CO. The fourth-order valence-electron chi connectivity index (χ4n) is 3.94. The van der Waals surface area contributed by atoms with Gasteiger partial charge in [-0.05, 0) is 44.9 Å². The van der Waals surface area contributed by atoms with E-state index in [2.05, 4.69) is 19.4 Å². The molecule has 3 aromatic heterocycles. The molecule has 0 aliphatic carbocycles. The second-order valence-electron chi connectivity index (χ2n) is 7.45. The van der Waals surface area contributed by atoms with Crippen LogP contribution in [-0.2, 0) is 22.7 Å². The molecule has 1 fully saturated rings. The summed E-state index contributed by atoms with van der Waals surface area (Å²) < 4.78 is 3.71. The third kappa shape index (κ3) is 7.69. The Balaban J connectivity index is 0.000000582. The van der Waals surface area contributed by atoms with Crippen LogP contribution in [0.4, 0.5) is 0 Å². The Kier molecular flexibility index (Phi) is 10.5. The van der Waals surface area contributed by atoms with Crippen LogP contribution >= 0.6 is 11.6 Å². The highest BCUT2D eigenvalue weighted by Gasteiger charge is 2.23. The smallest absolute Gasteiger partial charge is 0.290 e. The van der Waals surface area contributed by atoms with Gasteiger partial charge >= 0.3 is 0 Å². The summed E-state index contributed by atoms with van der Waals surface area (Å²) in [7, 11) is 0. The maximum atomic E-state index is 12.4. The van der Waals surface area contributed by atoms with Crippen LogP contribution in [0.3, 0.4) is 0 Å². The quantitative estimate of drug-likeness (QED) is 0.536. The van der Waals surface area contributed by atoms with Crippen LogP contribution in [0.25, 0.3) is 5.65 Å². The molecule has 2 N–H and O–H groups in total. The number of likely N-dealkylation sites (tertiary alicyclic amines) is 1. The molecule has 178 valence electrons. The van der Waals surface area contributed by atoms with Crippen LogP contribution in [0.2, 0.25) is 5.02 Å². The van der Waals surface area contributed by atoms with Gasteiger partial charge in [0.15, 0.2) is 0 Å². The molecular weight excluding hydrogens is 450 g/mol. The lowest BCUT2D eigenvalue weighted by Gasteiger charge is -2.35. The third-order valence-corrected chi connectivity index (χ3v) is 5.64. The molecule has 4 rings (SSSR count). The number of carboxylic acid groups (broad SMARTS) is 2. The number of halogens is 1. The molecule has 11 heteroatoms. The molecule has 33 heavy (non-hydrogen) atoms. The number of fused-ring (bicyclic) bond motifs is 1. The lowest BCUT2D eigenvalue weighted by molar-refractivity contribution is -0.123. The highest BCUT2D eigenvalue weighted by Crippen LogP contribution is 2.22. The van der Waals surface area contributed by atoms with Gasteiger partial charge in [0, 0.05) is 43.8 Å². The lowest BCUT2D eigenvalue weighted by atomic mass is 9.99. The van der Waals surface area contributed by atoms with E-state index in [-0.39, 0.29) is 18.5 Å². The number of carbonyl (C=O) groups is 2. The Labute approximate surface area is 196 Å². The van der Waals surface area contributed by atoms with E-state index < -0.39 is 0 Å². The third-order valence-electron chi connectivity index (χ3n) is 5.42. The van der Waals surface area contributed by atoms with Crippen molar-refractivity contribution >= 4 is 30.2 Å². The predicted molar refractivity (Wildman–Crippen MR) is 123 cm³/mol. The van der Waals surface area contributed by atoms with Crippen LogP contribution in [0.1, 0.15) is 37.2 Å². The lowest BCUT2D eigenvalue weighted by Crippen LogP contribution is -2.40. The molecule has 1 aliphatic heterocycles. The highest BCUT2D eigenvalue weighted by molar-refractivity contribution is 6.30. The van der Waals surface area contributed by atoms with Crippen LogP contribution in [-0.4, -0.2) is 59.6 Å². The highest BCUT2D eigenvalue weighted by atomic mass is 35.5. The first-order valence-corrected chi connectivity index (χ1v) is 10.9. The molecule has 1 aliphatic rings. The number of aromatic nitrogens is 4. The van der Waals surface area contributed by atoms with Crippen molar-refractivity contribution in [1.29, 1.82) is 0 Å². The van der Waals surface area contributed by atoms with Crippen LogP contribution in [0.5, 0.6) is 0 Å². The molecule has 10 nitrogen and oxygen atoms in total. The summed E-state index contributed by atoms with van der Waals surface area (Å²) in [4.78, 5) is 40.6. The number of imidazole rings is 1. The molecule has 4 heterocycles. The van der Waals surface area contributed by atoms with Gasteiger partial charge in [-0.25, -0.2) is 9.97 Å². The second-order valence-corrected chi connectivity index (χ2v) is 7.89. The monoisotopic (exact) mass is 477 g/mol. The number of nitrogens with zero attached hydrogens (tertiary/aromatic N) is 5. The first kappa shape index (κ1) is 26.0. The Hall–Kier alpha value is -3.24. The minimum Gasteiger partial charge on any atom is -0.483 e. The summed E-state index contributed by atoms with van der Waals surface area (Å²) in [6.45, 7) is 4.27. The maximum absolute atomic E-state index is 12.4. The average Bonchev–Trinajstić information content (AvgIpc) is 3.19. The maximum Gasteiger partial charge on any atom is 0.290 e. The number of hydrogen-bond donors (Lipinski definition) is 2. The number of piperidine rings is 1. The molecule has 0 bridgehead atoms. The van der Waals surface area contributed by atoms with Crippen molar-refractivity contribution in [3.05, 3.63) is 63.7 Å². The van der Waals surface area contributed by atoms with Crippen molar-refractivity contribution in [1.82, 2.24) is 23.8 Å².